The van der Waals surface area contributed by atoms with E-state index in [0.29, 0.717) is 12.2 Å². The van der Waals surface area contributed by atoms with E-state index in [2.05, 4.69) is 27.7 Å². The summed E-state index contributed by atoms with van der Waals surface area (Å²) in [7, 11) is 0. The van der Waals surface area contributed by atoms with Gasteiger partial charge in [0.25, 0.3) is 0 Å². The molecule has 3 unspecified atom stereocenters. The van der Waals surface area contributed by atoms with E-state index in [-0.39, 0.29) is 0 Å². The summed E-state index contributed by atoms with van der Waals surface area (Å²) in [5, 5.41) is 0. The zero-order chi connectivity index (χ0) is 9.30. The molecule has 2 heteroatoms. The van der Waals surface area contributed by atoms with Gasteiger partial charge in [-0.3, -0.25) is 0 Å². The summed E-state index contributed by atoms with van der Waals surface area (Å²) >= 11 is 0.749. The van der Waals surface area contributed by atoms with Crippen molar-refractivity contribution >= 4 is 55.5 Å². The summed E-state index contributed by atoms with van der Waals surface area (Å²) in [6, 6.07) is 0. The molecule has 0 bridgehead atoms. The molecular weight excluding hydrogens is 222 g/mol. The molecule has 1 fully saturated rings. The van der Waals surface area contributed by atoms with Gasteiger partial charge in [-0.2, -0.15) is 0 Å². The van der Waals surface area contributed by atoms with Crippen LogP contribution in [0.25, 0.3) is 0 Å². The molecule has 5 atom stereocenters. The fraction of sp³-hybridized carbons (Fsp3) is 1.00. The van der Waals surface area contributed by atoms with Crippen LogP contribution in [-0.2, 0) is 4.74 Å². The predicted molar refractivity (Wildman–Crippen MR) is 52.5 cm³/mol. The maximum absolute atomic E-state index is 5.98. The third kappa shape index (κ3) is 2.41. The van der Waals surface area contributed by atoms with E-state index in [1.54, 1.807) is 0 Å². The van der Waals surface area contributed by atoms with Crippen molar-refractivity contribution in [1.29, 1.82) is 0 Å². The second kappa shape index (κ2) is 5.02. The van der Waals surface area contributed by atoms with Crippen molar-refractivity contribution in [3.05, 3.63) is 0 Å². The minimum atomic E-state index is 0.525. The molecule has 1 saturated heterocycles. The van der Waals surface area contributed by atoms with Crippen LogP contribution in [0.1, 0.15) is 34.1 Å². The minimum absolute atomic E-state index is 0.525. The van der Waals surface area contributed by atoms with Crippen LogP contribution in [0.15, 0.2) is 0 Å². The molecule has 1 rings (SSSR count). The van der Waals surface area contributed by atoms with E-state index >= 15 is 0 Å². The second-order valence-corrected chi connectivity index (χ2v) is 7.64. The van der Waals surface area contributed by atoms with Gasteiger partial charge >= 0.3 is 117 Å². The molecule has 0 aromatic rings. The van der Waals surface area contributed by atoms with Gasteiger partial charge in [-0.1, -0.05) is 0 Å². The van der Waals surface area contributed by atoms with Crippen molar-refractivity contribution in [2.75, 3.05) is 0 Å². The van der Waals surface area contributed by atoms with Crippen LogP contribution in [0.5, 0.6) is 0 Å². The van der Waals surface area contributed by atoms with Crippen LogP contribution in [0.4, 0.5) is 0 Å². The fourth-order valence-corrected chi connectivity index (χ4v) is 4.12. The number of hydrogen-bond acceptors (Lipinski definition) is 1. The standard InChI is InChI=1S/C10H19O.Rb/c1-5-10-9(4)7(2)6-8(3)11-10;/h6-10H,5H2,1-4H3;/t7-,8?,9-,10?;/m0./s1. The van der Waals surface area contributed by atoms with Gasteiger partial charge in [0, 0.05) is 0 Å². The Balaban J connectivity index is 2.63. The summed E-state index contributed by atoms with van der Waals surface area (Å²) in [5.74, 6) is 1.67. The monoisotopic (exact) mass is 240 g/mol. The molecule has 0 radical (unpaired) electrons. The van der Waals surface area contributed by atoms with Crippen LogP contribution < -0.4 is 0 Å². The first-order valence-electron chi connectivity index (χ1n) is 5.23. The molecule has 1 nitrogen and oxygen atoms in total. The molecule has 0 aromatic heterocycles. The van der Waals surface area contributed by atoms with Gasteiger partial charge in [0.1, 0.15) is 0 Å². The van der Waals surface area contributed by atoms with Crippen molar-refractivity contribution in [2.24, 2.45) is 11.8 Å². The Morgan fingerprint density at radius 3 is 2.25 bits per heavy atom. The van der Waals surface area contributed by atoms with Crippen LogP contribution in [0, 0.1) is 11.8 Å². The van der Waals surface area contributed by atoms with Gasteiger partial charge in [-0.15, -0.1) is 0 Å². The molecule has 0 aliphatic carbocycles. The number of hydrogen-bond donors (Lipinski definition) is 0. The Morgan fingerprint density at radius 1 is 1.17 bits per heavy atom. The van der Waals surface area contributed by atoms with Crippen LogP contribution in [0.2, 0.25) is -1.01 Å². The Morgan fingerprint density at radius 2 is 1.75 bits per heavy atom. The molecule has 0 saturated carbocycles. The zero-order valence-corrected chi connectivity index (χ0v) is 13.9. The Labute approximate surface area is 115 Å². The first-order valence-corrected chi connectivity index (χ1v) is 8.07. The van der Waals surface area contributed by atoms with Crippen molar-refractivity contribution in [1.82, 2.24) is 0 Å². The normalized spacial score (nSPS) is 49.3. The molecule has 1 aliphatic rings. The van der Waals surface area contributed by atoms with Gasteiger partial charge in [-0.05, 0) is 0 Å². The molecule has 12 heavy (non-hydrogen) atoms. The topological polar surface area (TPSA) is 9.23 Å². The summed E-state index contributed by atoms with van der Waals surface area (Å²) in [6.45, 7) is 9.26. The molecule has 0 aromatic carbocycles. The molecule has 0 N–H and O–H groups in total. The quantitative estimate of drug-likeness (QED) is 0.684. The molecule has 66 valence electrons. The first kappa shape index (κ1) is 11.8. The summed E-state index contributed by atoms with van der Waals surface area (Å²) in [4.78, 5) is 0. The van der Waals surface area contributed by atoms with Crippen LogP contribution >= 0.6 is 0 Å². The summed E-state index contributed by atoms with van der Waals surface area (Å²) < 4.78 is 6.90. The van der Waals surface area contributed by atoms with Crippen molar-refractivity contribution in [3.63, 3.8) is 0 Å². The SMILES string of the molecule is CCC1OC(C)[CH]([Rb])[C@H](C)[C@@H]1C. The van der Waals surface area contributed by atoms with Gasteiger partial charge in [0.05, 0.1) is 0 Å². The van der Waals surface area contributed by atoms with E-state index in [4.69, 9.17) is 4.74 Å². The van der Waals surface area contributed by atoms with Crippen LogP contribution in [0.3, 0.4) is 0 Å². The van der Waals surface area contributed by atoms with E-state index in [1.807, 2.05) is 0 Å². The zero-order valence-electron chi connectivity index (χ0n) is 9.00. The Hall–Kier alpha value is 1.77. The summed E-state index contributed by atoms with van der Waals surface area (Å²) in [5.41, 5.74) is 0. The third-order valence-corrected chi connectivity index (χ3v) is 8.67. The van der Waals surface area contributed by atoms with E-state index in [1.165, 1.54) is 6.42 Å². The van der Waals surface area contributed by atoms with Crippen LogP contribution in [-0.4, -0.2) is 67.7 Å². The van der Waals surface area contributed by atoms with Crippen molar-refractivity contribution in [2.45, 2.75) is 45.3 Å². The summed E-state index contributed by atoms with van der Waals surface area (Å²) in [6.07, 6.45) is 2.24. The van der Waals surface area contributed by atoms with Crippen molar-refractivity contribution < 1.29 is 4.74 Å². The van der Waals surface area contributed by atoms with Gasteiger partial charge in [0.15, 0.2) is 0 Å². The fourth-order valence-electron chi connectivity index (χ4n) is 2.24. The average Bonchev–Trinajstić information content (AvgIpc) is 2.08. The molecule has 0 spiro atoms. The predicted octanol–water partition coefficient (Wildman–Crippen LogP) is 2.41. The second-order valence-electron chi connectivity index (χ2n) is 4.37. The number of rotatable bonds is 1. The molecule has 1 heterocycles. The van der Waals surface area contributed by atoms with Crippen molar-refractivity contribution in [3.8, 4) is 0 Å². The molecule has 0 amide bonds. The van der Waals surface area contributed by atoms with Gasteiger partial charge in [0.2, 0.25) is 0 Å². The third-order valence-electron chi connectivity index (χ3n) is 3.78. The van der Waals surface area contributed by atoms with E-state index in [0.717, 1.165) is 66.4 Å². The Kier molecular flexibility index (Phi) is 4.95. The van der Waals surface area contributed by atoms with Gasteiger partial charge in [-0.25, -0.2) is 0 Å². The maximum atomic E-state index is 5.98. The average molecular weight is 241 g/mol. The molecular formula is C10H19ORb. The molecule has 1 aliphatic heterocycles. The Bertz CT molecular complexity index is 144. The van der Waals surface area contributed by atoms with Gasteiger partial charge < -0.3 is 0 Å². The van der Waals surface area contributed by atoms with E-state index in [9.17, 15) is 0 Å². The first-order chi connectivity index (χ1) is 5.57. The van der Waals surface area contributed by atoms with E-state index < -0.39 is 0 Å². The number of ether oxygens (including phenoxy) is 1.